The minimum atomic E-state index is 0.0188. The van der Waals surface area contributed by atoms with E-state index in [2.05, 4.69) is 15.5 Å². The van der Waals surface area contributed by atoms with Crippen LogP contribution in [0.2, 0.25) is 0 Å². The van der Waals surface area contributed by atoms with Gasteiger partial charge in [0.2, 0.25) is 5.82 Å². The van der Waals surface area contributed by atoms with E-state index in [1.165, 1.54) is 0 Å². The predicted molar refractivity (Wildman–Crippen MR) is 78.5 cm³/mol. The van der Waals surface area contributed by atoms with Crippen LogP contribution in [0, 0.1) is 0 Å². The lowest BCUT2D eigenvalue weighted by atomic mass is 10.2. The van der Waals surface area contributed by atoms with Gasteiger partial charge in [0.1, 0.15) is 0 Å². The minimum absolute atomic E-state index is 0.0188. The summed E-state index contributed by atoms with van der Waals surface area (Å²) in [5, 5.41) is 6.83. The normalized spacial score (nSPS) is 12.4. The second kappa shape index (κ2) is 6.99. The highest BCUT2D eigenvalue weighted by atomic mass is 16.5. The number of benzene rings is 1. The molecule has 1 aromatic heterocycles. The maximum atomic E-state index is 11.7. The number of amides is 1. The maximum Gasteiger partial charge on any atom is 0.282 e. The Labute approximate surface area is 124 Å². The Morgan fingerprint density at radius 3 is 2.71 bits per heavy atom. The molecule has 21 heavy (non-hydrogen) atoms. The minimum Gasteiger partial charge on any atom is -0.349 e. The summed E-state index contributed by atoms with van der Waals surface area (Å²) in [5.74, 6) is 1.12. The van der Waals surface area contributed by atoms with Crippen LogP contribution in [0.1, 0.15) is 19.7 Å². The van der Waals surface area contributed by atoms with Gasteiger partial charge in [-0.15, -0.1) is 0 Å². The Morgan fingerprint density at radius 2 is 2.05 bits per heavy atom. The lowest BCUT2D eigenvalue weighted by molar-refractivity contribution is -0.886. The van der Waals surface area contributed by atoms with Crippen molar-refractivity contribution in [3.05, 3.63) is 36.2 Å². The van der Waals surface area contributed by atoms with Crippen LogP contribution in [0.5, 0.6) is 0 Å². The second-order valence-corrected chi connectivity index (χ2v) is 5.41. The van der Waals surface area contributed by atoms with Gasteiger partial charge >= 0.3 is 0 Å². The van der Waals surface area contributed by atoms with Crippen molar-refractivity contribution in [2.24, 2.45) is 0 Å². The molecule has 1 aromatic carbocycles. The quantitative estimate of drug-likeness (QED) is 0.801. The van der Waals surface area contributed by atoms with Crippen LogP contribution < -0.4 is 10.2 Å². The molecule has 6 nitrogen and oxygen atoms in total. The molecule has 2 rings (SSSR count). The topological polar surface area (TPSA) is 72.5 Å². The van der Waals surface area contributed by atoms with Crippen molar-refractivity contribution >= 4 is 5.91 Å². The SMILES string of the molecule is CC(C)NC(=O)C[NH+](C)Cc1nc(-c2ccccc2)no1. The molecule has 1 amide bonds. The summed E-state index contributed by atoms with van der Waals surface area (Å²) in [5.41, 5.74) is 0.919. The number of carbonyl (C=O) groups excluding carboxylic acids is 1. The number of quaternary nitrogens is 1. The van der Waals surface area contributed by atoms with E-state index in [0.717, 1.165) is 10.5 Å². The highest BCUT2D eigenvalue weighted by molar-refractivity contribution is 5.77. The van der Waals surface area contributed by atoms with Gasteiger partial charge < -0.3 is 14.7 Å². The van der Waals surface area contributed by atoms with Crippen LogP contribution in [0.25, 0.3) is 11.4 Å². The highest BCUT2D eigenvalue weighted by Gasteiger charge is 2.16. The molecule has 2 N–H and O–H groups in total. The molecule has 6 heteroatoms. The average Bonchev–Trinajstić information content (AvgIpc) is 2.86. The number of nitrogens with zero attached hydrogens (tertiary/aromatic N) is 2. The molecule has 0 saturated carbocycles. The van der Waals surface area contributed by atoms with Crippen molar-refractivity contribution in [3.63, 3.8) is 0 Å². The lowest BCUT2D eigenvalue weighted by Crippen LogP contribution is -3.09. The van der Waals surface area contributed by atoms with Gasteiger partial charge in [-0.1, -0.05) is 35.5 Å². The molecule has 0 saturated heterocycles. The smallest absolute Gasteiger partial charge is 0.282 e. The third-order valence-corrected chi connectivity index (χ3v) is 2.87. The van der Waals surface area contributed by atoms with E-state index >= 15 is 0 Å². The Balaban J connectivity index is 1.92. The van der Waals surface area contributed by atoms with Crippen molar-refractivity contribution in [1.29, 1.82) is 0 Å². The van der Waals surface area contributed by atoms with E-state index in [0.29, 0.717) is 24.8 Å². The summed E-state index contributed by atoms with van der Waals surface area (Å²) >= 11 is 0. The molecule has 0 radical (unpaired) electrons. The van der Waals surface area contributed by atoms with Crippen molar-refractivity contribution in [3.8, 4) is 11.4 Å². The van der Waals surface area contributed by atoms with Crippen LogP contribution in [0.15, 0.2) is 34.9 Å². The van der Waals surface area contributed by atoms with Gasteiger partial charge in [-0.25, -0.2) is 0 Å². The third-order valence-electron chi connectivity index (χ3n) is 2.87. The summed E-state index contributed by atoms with van der Waals surface area (Å²) in [6, 6.07) is 9.81. The molecule has 0 fully saturated rings. The largest absolute Gasteiger partial charge is 0.349 e. The Kier molecular flexibility index (Phi) is 5.05. The zero-order chi connectivity index (χ0) is 15.2. The molecule has 1 unspecified atom stereocenters. The van der Waals surface area contributed by atoms with E-state index in [-0.39, 0.29) is 11.9 Å². The average molecular weight is 289 g/mol. The molecule has 1 heterocycles. The molecular weight excluding hydrogens is 268 g/mol. The summed E-state index contributed by atoms with van der Waals surface area (Å²) in [4.78, 5) is 17.0. The van der Waals surface area contributed by atoms with Gasteiger partial charge in [0.05, 0.1) is 7.05 Å². The summed E-state index contributed by atoms with van der Waals surface area (Å²) in [6.07, 6.45) is 0. The number of carbonyl (C=O) groups is 1. The first-order valence-corrected chi connectivity index (χ1v) is 7.03. The fourth-order valence-electron chi connectivity index (χ4n) is 2.00. The van der Waals surface area contributed by atoms with Crippen LogP contribution in [-0.4, -0.2) is 35.7 Å². The van der Waals surface area contributed by atoms with Crippen molar-refractivity contribution in [2.75, 3.05) is 13.6 Å². The van der Waals surface area contributed by atoms with Crippen molar-refractivity contribution in [2.45, 2.75) is 26.4 Å². The molecule has 2 aromatic rings. The van der Waals surface area contributed by atoms with Gasteiger partial charge in [0, 0.05) is 11.6 Å². The number of hydrogen-bond acceptors (Lipinski definition) is 4. The molecule has 112 valence electrons. The van der Waals surface area contributed by atoms with E-state index in [9.17, 15) is 4.79 Å². The molecule has 0 spiro atoms. The van der Waals surface area contributed by atoms with Gasteiger partial charge in [0.15, 0.2) is 13.1 Å². The van der Waals surface area contributed by atoms with Gasteiger partial charge in [-0.05, 0) is 13.8 Å². The zero-order valence-corrected chi connectivity index (χ0v) is 12.6. The molecule has 1 atom stereocenters. The van der Waals surface area contributed by atoms with E-state index in [1.54, 1.807) is 0 Å². The van der Waals surface area contributed by atoms with Crippen LogP contribution in [-0.2, 0) is 11.3 Å². The predicted octanol–water partition coefficient (Wildman–Crippen LogP) is 0.276. The summed E-state index contributed by atoms with van der Waals surface area (Å²) in [7, 11) is 1.92. The Bertz CT molecular complexity index is 580. The number of likely N-dealkylation sites (N-methyl/N-ethyl adjacent to an activating group) is 1. The van der Waals surface area contributed by atoms with Gasteiger partial charge in [-0.3, -0.25) is 4.79 Å². The zero-order valence-electron chi connectivity index (χ0n) is 12.6. The van der Waals surface area contributed by atoms with E-state index < -0.39 is 0 Å². The molecular formula is C15H21N4O2+. The molecule has 0 aliphatic heterocycles. The molecule has 0 aliphatic rings. The first-order chi connectivity index (χ1) is 10.0. The van der Waals surface area contributed by atoms with Crippen molar-refractivity contribution < 1.29 is 14.2 Å². The molecule has 0 aliphatic carbocycles. The fraction of sp³-hybridized carbons (Fsp3) is 0.400. The van der Waals surface area contributed by atoms with Gasteiger partial charge in [0.25, 0.3) is 11.8 Å². The summed E-state index contributed by atoms with van der Waals surface area (Å²) in [6.45, 7) is 4.78. The van der Waals surface area contributed by atoms with Crippen LogP contribution in [0.3, 0.4) is 0 Å². The third kappa shape index (κ3) is 4.68. The number of rotatable bonds is 6. The number of aromatic nitrogens is 2. The van der Waals surface area contributed by atoms with Crippen LogP contribution >= 0.6 is 0 Å². The first kappa shape index (κ1) is 15.2. The highest BCUT2D eigenvalue weighted by Crippen LogP contribution is 2.14. The first-order valence-electron chi connectivity index (χ1n) is 7.03. The van der Waals surface area contributed by atoms with Crippen LogP contribution in [0.4, 0.5) is 0 Å². The molecule has 0 bridgehead atoms. The van der Waals surface area contributed by atoms with Crippen molar-refractivity contribution in [1.82, 2.24) is 15.5 Å². The Morgan fingerprint density at radius 1 is 1.33 bits per heavy atom. The van der Waals surface area contributed by atoms with E-state index in [1.807, 2.05) is 51.2 Å². The number of hydrogen-bond donors (Lipinski definition) is 2. The maximum absolute atomic E-state index is 11.7. The second-order valence-electron chi connectivity index (χ2n) is 5.41. The summed E-state index contributed by atoms with van der Waals surface area (Å²) < 4.78 is 5.24. The monoisotopic (exact) mass is 289 g/mol. The standard InChI is InChI=1S/C15H20N4O2/c1-11(2)16-13(20)9-19(3)10-14-17-15(18-21-14)12-7-5-4-6-8-12/h4-8,11H,9-10H2,1-3H3,(H,16,20)/p+1. The van der Waals surface area contributed by atoms with E-state index in [4.69, 9.17) is 4.52 Å². The van der Waals surface area contributed by atoms with Gasteiger partial charge in [-0.2, -0.15) is 4.98 Å². The number of nitrogens with one attached hydrogen (secondary N) is 2. The Hall–Kier alpha value is -2.21. The lowest BCUT2D eigenvalue weighted by Gasteiger charge is -2.13. The fourth-order valence-corrected chi connectivity index (χ4v) is 2.00.